The second-order valence-electron chi connectivity index (χ2n) is 6.22. The van der Waals surface area contributed by atoms with E-state index in [1.54, 1.807) is 14.2 Å². The van der Waals surface area contributed by atoms with E-state index in [1.807, 2.05) is 0 Å². The molecule has 0 saturated carbocycles. The van der Waals surface area contributed by atoms with Crippen LogP contribution >= 0.6 is 11.8 Å². The van der Waals surface area contributed by atoms with Gasteiger partial charge in [0.15, 0.2) is 6.29 Å². The van der Waals surface area contributed by atoms with Crippen LogP contribution in [0.4, 0.5) is 0 Å². The van der Waals surface area contributed by atoms with E-state index in [4.69, 9.17) is 14.2 Å². The Balaban J connectivity index is 2.03. The smallest absolute Gasteiger partial charge is 0.172 e. The molecular weight excluding hydrogens is 286 g/mol. The summed E-state index contributed by atoms with van der Waals surface area (Å²) in [6.07, 6.45) is 5.58. The molecule has 2 aliphatic rings. The third kappa shape index (κ3) is 4.58. The Bertz CT molecular complexity index is 288. The molecule has 2 rings (SSSR count). The van der Waals surface area contributed by atoms with Gasteiger partial charge in [0.2, 0.25) is 0 Å². The second kappa shape index (κ2) is 8.73. The first-order chi connectivity index (χ1) is 10.2. The fourth-order valence-corrected chi connectivity index (χ4v) is 4.89. The maximum absolute atomic E-state index is 6.22. The molecule has 0 radical (unpaired) electrons. The van der Waals surface area contributed by atoms with Crippen LogP contribution in [0.2, 0.25) is 0 Å². The van der Waals surface area contributed by atoms with Gasteiger partial charge in [0.25, 0.3) is 0 Å². The first kappa shape index (κ1) is 17.5. The summed E-state index contributed by atoms with van der Waals surface area (Å²) in [5.41, 5.74) is 0.117. The maximum Gasteiger partial charge on any atom is 0.172 e. The Labute approximate surface area is 133 Å². The molecule has 1 spiro atoms. The third-order valence-electron chi connectivity index (χ3n) is 4.83. The molecule has 0 aromatic heterocycles. The Hall–Kier alpha value is 0.190. The van der Waals surface area contributed by atoms with Crippen molar-refractivity contribution in [3.8, 4) is 0 Å². The minimum atomic E-state index is -0.172. The summed E-state index contributed by atoms with van der Waals surface area (Å²) in [4.78, 5) is 0. The van der Waals surface area contributed by atoms with Crippen LogP contribution in [-0.4, -0.2) is 56.8 Å². The summed E-state index contributed by atoms with van der Waals surface area (Å²) in [5.74, 6) is 3.04. The predicted molar refractivity (Wildman–Crippen MR) is 87.9 cm³/mol. The zero-order valence-corrected chi connectivity index (χ0v) is 14.5. The van der Waals surface area contributed by atoms with E-state index >= 15 is 0 Å². The Morgan fingerprint density at radius 2 is 2.00 bits per heavy atom. The summed E-state index contributed by atoms with van der Waals surface area (Å²) in [6.45, 7) is 4.08. The van der Waals surface area contributed by atoms with Crippen molar-refractivity contribution in [2.75, 3.05) is 38.9 Å². The highest BCUT2D eigenvalue weighted by Crippen LogP contribution is 2.41. The SMILES string of the molecule is CCCNC(C1CCOC2(CCSCC2)C1)C(OC)OC. The van der Waals surface area contributed by atoms with E-state index in [-0.39, 0.29) is 17.9 Å². The van der Waals surface area contributed by atoms with Gasteiger partial charge in [-0.3, -0.25) is 0 Å². The van der Waals surface area contributed by atoms with E-state index in [1.165, 1.54) is 24.3 Å². The highest BCUT2D eigenvalue weighted by Gasteiger charge is 2.42. The Morgan fingerprint density at radius 1 is 1.29 bits per heavy atom. The number of rotatable bonds is 7. The molecule has 0 aromatic carbocycles. The van der Waals surface area contributed by atoms with Gasteiger partial charge in [-0.1, -0.05) is 6.92 Å². The van der Waals surface area contributed by atoms with Gasteiger partial charge in [0.1, 0.15) is 0 Å². The average Bonchev–Trinajstić information content (AvgIpc) is 2.52. The van der Waals surface area contributed by atoms with Crippen molar-refractivity contribution in [3.05, 3.63) is 0 Å². The zero-order valence-electron chi connectivity index (χ0n) is 13.7. The van der Waals surface area contributed by atoms with Crippen molar-refractivity contribution in [3.63, 3.8) is 0 Å². The monoisotopic (exact) mass is 317 g/mol. The topological polar surface area (TPSA) is 39.7 Å². The zero-order chi connectivity index (χ0) is 15.1. The second-order valence-corrected chi connectivity index (χ2v) is 7.44. The van der Waals surface area contributed by atoms with E-state index in [0.29, 0.717) is 5.92 Å². The lowest BCUT2D eigenvalue weighted by atomic mass is 9.78. The standard InChI is InChI=1S/C16H31NO3S/c1-4-8-17-14(15(18-2)19-3)13-5-9-20-16(12-13)6-10-21-11-7-16/h13-15,17H,4-12H2,1-3H3. The van der Waals surface area contributed by atoms with Gasteiger partial charge >= 0.3 is 0 Å². The first-order valence-electron chi connectivity index (χ1n) is 8.25. The van der Waals surface area contributed by atoms with E-state index in [0.717, 1.165) is 32.4 Å². The highest BCUT2D eigenvalue weighted by molar-refractivity contribution is 7.99. The quantitative estimate of drug-likeness (QED) is 0.731. The molecule has 0 aromatic rings. The van der Waals surface area contributed by atoms with Gasteiger partial charge < -0.3 is 19.5 Å². The average molecular weight is 317 g/mol. The Kier molecular flexibility index (Phi) is 7.29. The molecule has 21 heavy (non-hydrogen) atoms. The van der Waals surface area contributed by atoms with Crippen molar-refractivity contribution in [1.82, 2.24) is 5.32 Å². The van der Waals surface area contributed by atoms with Crippen LogP contribution in [-0.2, 0) is 14.2 Å². The molecule has 2 unspecified atom stereocenters. The molecule has 2 aliphatic heterocycles. The number of nitrogens with one attached hydrogen (secondary N) is 1. The molecule has 2 saturated heterocycles. The minimum absolute atomic E-state index is 0.117. The van der Waals surface area contributed by atoms with Crippen molar-refractivity contribution >= 4 is 11.8 Å². The van der Waals surface area contributed by atoms with Crippen molar-refractivity contribution in [2.24, 2.45) is 5.92 Å². The number of ether oxygens (including phenoxy) is 3. The molecular formula is C16H31NO3S. The molecule has 0 amide bonds. The molecule has 0 bridgehead atoms. The fourth-order valence-electron chi connectivity index (χ4n) is 3.65. The number of methoxy groups -OCH3 is 2. The molecule has 2 atom stereocenters. The lowest BCUT2D eigenvalue weighted by molar-refractivity contribution is -0.159. The van der Waals surface area contributed by atoms with Crippen LogP contribution in [0.1, 0.15) is 39.0 Å². The third-order valence-corrected chi connectivity index (χ3v) is 5.82. The van der Waals surface area contributed by atoms with Crippen molar-refractivity contribution in [1.29, 1.82) is 0 Å². The Morgan fingerprint density at radius 3 is 2.62 bits per heavy atom. The largest absolute Gasteiger partial charge is 0.375 e. The van der Waals surface area contributed by atoms with Crippen LogP contribution in [0.25, 0.3) is 0 Å². The molecule has 2 fully saturated rings. The van der Waals surface area contributed by atoms with Crippen molar-refractivity contribution in [2.45, 2.75) is 57.0 Å². The van der Waals surface area contributed by atoms with E-state index in [9.17, 15) is 0 Å². The summed E-state index contributed by atoms with van der Waals surface area (Å²) in [6, 6.07) is 0.260. The van der Waals surface area contributed by atoms with Gasteiger partial charge in [0, 0.05) is 20.8 Å². The summed E-state index contributed by atoms with van der Waals surface area (Å²) < 4.78 is 17.3. The maximum atomic E-state index is 6.22. The van der Waals surface area contributed by atoms with Crippen LogP contribution in [0.5, 0.6) is 0 Å². The summed E-state index contributed by atoms with van der Waals surface area (Å²) in [5, 5.41) is 3.65. The van der Waals surface area contributed by atoms with Crippen LogP contribution in [0.3, 0.4) is 0 Å². The number of hydrogen-bond acceptors (Lipinski definition) is 5. The molecule has 5 heteroatoms. The lowest BCUT2D eigenvalue weighted by Crippen LogP contribution is -2.53. The predicted octanol–water partition coefficient (Wildman–Crippen LogP) is 2.67. The first-order valence-corrected chi connectivity index (χ1v) is 9.41. The summed E-state index contributed by atoms with van der Waals surface area (Å²) in [7, 11) is 3.47. The summed E-state index contributed by atoms with van der Waals surface area (Å²) >= 11 is 2.06. The molecule has 2 heterocycles. The van der Waals surface area contributed by atoms with Gasteiger partial charge in [-0.05, 0) is 56.1 Å². The normalized spacial score (nSPS) is 27.1. The minimum Gasteiger partial charge on any atom is -0.375 e. The lowest BCUT2D eigenvalue weighted by Gasteiger charge is -2.46. The molecule has 1 N–H and O–H groups in total. The van der Waals surface area contributed by atoms with Gasteiger partial charge in [-0.2, -0.15) is 11.8 Å². The highest BCUT2D eigenvalue weighted by atomic mass is 32.2. The molecule has 4 nitrogen and oxygen atoms in total. The van der Waals surface area contributed by atoms with Gasteiger partial charge in [-0.25, -0.2) is 0 Å². The van der Waals surface area contributed by atoms with Crippen LogP contribution < -0.4 is 5.32 Å². The molecule has 0 aliphatic carbocycles. The molecule has 124 valence electrons. The fraction of sp³-hybridized carbons (Fsp3) is 1.00. The van der Waals surface area contributed by atoms with Crippen molar-refractivity contribution < 1.29 is 14.2 Å². The van der Waals surface area contributed by atoms with E-state index in [2.05, 4.69) is 24.0 Å². The van der Waals surface area contributed by atoms with Gasteiger partial charge in [-0.15, -0.1) is 0 Å². The van der Waals surface area contributed by atoms with Crippen LogP contribution in [0, 0.1) is 5.92 Å². The van der Waals surface area contributed by atoms with E-state index < -0.39 is 0 Å². The number of thioether (sulfide) groups is 1. The van der Waals surface area contributed by atoms with Crippen LogP contribution in [0.15, 0.2) is 0 Å². The number of hydrogen-bond donors (Lipinski definition) is 1. The van der Waals surface area contributed by atoms with Gasteiger partial charge in [0.05, 0.1) is 11.6 Å².